The van der Waals surface area contributed by atoms with E-state index in [0.717, 1.165) is 43.0 Å². The van der Waals surface area contributed by atoms with Crippen molar-refractivity contribution in [1.82, 2.24) is 14.5 Å². The summed E-state index contributed by atoms with van der Waals surface area (Å²) in [7, 11) is 0. The molecule has 41 heavy (non-hydrogen) atoms. The zero-order chi connectivity index (χ0) is 29.1. The van der Waals surface area contributed by atoms with E-state index in [1.54, 1.807) is 25.3 Å². The minimum absolute atomic E-state index is 0.0394. The van der Waals surface area contributed by atoms with E-state index < -0.39 is 24.0 Å². The van der Waals surface area contributed by atoms with Gasteiger partial charge in [-0.15, -0.1) is 0 Å². The molecule has 0 aliphatic carbocycles. The van der Waals surface area contributed by atoms with Gasteiger partial charge in [0, 0.05) is 42.4 Å². The number of carbonyl (C=O) groups is 1. The Bertz CT molecular complexity index is 1390. The van der Waals surface area contributed by atoms with Crippen molar-refractivity contribution in [3.05, 3.63) is 76.1 Å². The fourth-order valence-electron chi connectivity index (χ4n) is 5.73. The lowest BCUT2D eigenvalue weighted by molar-refractivity contribution is -0.137. The summed E-state index contributed by atoms with van der Waals surface area (Å²) >= 11 is 5.94. The zero-order valence-corrected chi connectivity index (χ0v) is 23.5. The quantitative estimate of drug-likeness (QED) is 0.265. The third kappa shape index (κ3) is 6.64. The van der Waals surface area contributed by atoms with Gasteiger partial charge < -0.3 is 19.1 Å². The number of imidazole rings is 1. The fourth-order valence-corrected chi connectivity index (χ4v) is 5.89. The molecule has 3 aromatic rings. The summed E-state index contributed by atoms with van der Waals surface area (Å²) < 4.78 is 54.6. The van der Waals surface area contributed by atoms with Gasteiger partial charge in [0.25, 0.3) is 5.79 Å². The summed E-state index contributed by atoms with van der Waals surface area (Å²) in [6.07, 6.45) is 1.34. The van der Waals surface area contributed by atoms with Gasteiger partial charge in [-0.2, -0.15) is 0 Å². The Morgan fingerprint density at radius 3 is 2.71 bits per heavy atom. The van der Waals surface area contributed by atoms with Crippen LogP contribution >= 0.6 is 11.6 Å². The molecule has 0 spiro atoms. The molecule has 2 aliphatic rings. The van der Waals surface area contributed by atoms with Crippen molar-refractivity contribution in [1.29, 1.82) is 0 Å². The molecule has 1 unspecified atom stereocenters. The molecule has 1 N–H and O–H groups in total. The molecule has 2 aromatic carbocycles. The minimum Gasteiger partial charge on any atom is -0.481 e. The number of likely N-dealkylation sites (tertiary alicyclic amines) is 1. The molecule has 11 heteroatoms. The number of fused-ring (bicyclic) bond motifs is 1. The highest BCUT2D eigenvalue weighted by atomic mass is 35.5. The minimum atomic E-state index is -2.37. The Hall–Kier alpha value is -3.24. The summed E-state index contributed by atoms with van der Waals surface area (Å²) in [5.41, 5.74) is 2.04. The highest BCUT2D eigenvalue weighted by Gasteiger charge is 2.43. The van der Waals surface area contributed by atoms with Gasteiger partial charge in [0.05, 0.1) is 18.5 Å². The van der Waals surface area contributed by atoms with Gasteiger partial charge in [-0.25, -0.2) is 18.2 Å². The van der Waals surface area contributed by atoms with Crippen molar-refractivity contribution in [3.63, 3.8) is 0 Å². The average molecular weight is 592 g/mol. The van der Waals surface area contributed by atoms with Gasteiger partial charge in [-0.1, -0.05) is 23.7 Å². The standard InChI is InChI=1S/C30H33ClF3N3O4/c1-30(23-9-7-20(31)16-24(23)32)40-25-5-2-4-22(29(25)41-30)19-11-14-36(15-12-19)18-27-35-17-21(8-10-28(38)39)37(27)13-3-6-26(33)34/h2,4-5,7,9,16-17,19,26H,3,6,8,10-15,18H2,1H3,(H,38,39). The van der Waals surface area contributed by atoms with Crippen LogP contribution in [0.3, 0.4) is 0 Å². The van der Waals surface area contributed by atoms with Gasteiger partial charge in [0.1, 0.15) is 11.6 Å². The molecule has 2 aliphatic heterocycles. The Labute approximate surface area is 241 Å². The third-order valence-corrected chi connectivity index (χ3v) is 8.08. The topological polar surface area (TPSA) is 76.8 Å². The van der Waals surface area contributed by atoms with Crippen LogP contribution in [0.2, 0.25) is 5.02 Å². The maximum Gasteiger partial charge on any atom is 0.303 e. The van der Waals surface area contributed by atoms with Crippen molar-refractivity contribution in [3.8, 4) is 11.5 Å². The number of carboxylic acids is 1. The lowest BCUT2D eigenvalue weighted by atomic mass is 9.88. The summed E-state index contributed by atoms with van der Waals surface area (Å²) in [5, 5.41) is 9.39. The van der Waals surface area contributed by atoms with Crippen LogP contribution in [-0.2, 0) is 30.1 Å². The van der Waals surface area contributed by atoms with Crippen LogP contribution in [0.5, 0.6) is 11.5 Å². The van der Waals surface area contributed by atoms with Gasteiger partial charge in [-0.3, -0.25) is 9.69 Å². The Morgan fingerprint density at radius 1 is 1.22 bits per heavy atom. The number of benzene rings is 2. The number of ether oxygens (including phenoxy) is 2. The van der Waals surface area contributed by atoms with E-state index >= 15 is 0 Å². The van der Waals surface area contributed by atoms with Crippen LogP contribution in [0, 0.1) is 5.82 Å². The van der Waals surface area contributed by atoms with Gasteiger partial charge in [0.15, 0.2) is 11.5 Å². The van der Waals surface area contributed by atoms with Crippen molar-refractivity contribution in [2.24, 2.45) is 0 Å². The van der Waals surface area contributed by atoms with E-state index in [1.807, 2.05) is 22.8 Å². The number of para-hydroxylation sites is 1. The molecule has 3 heterocycles. The third-order valence-electron chi connectivity index (χ3n) is 7.84. The molecule has 5 rings (SSSR count). The molecule has 0 radical (unpaired) electrons. The summed E-state index contributed by atoms with van der Waals surface area (Å²) in [4.78, 5) is 17.9. The van der Waals surface area contributed by atoms with E-state index in [2.05, 4.69) is 9.88 Å². The van der Waals surface area contributed by atoms with Crippen LogP contribution < -0.4 is 9.47 Å². The second-order valence-corrected chi connectivity index (χ2v) is 11.2. The number of halogens is 4. The Morgan fingerprint density at radius 2 is 2.00 bits per heavy atom. The van der Waals surface area contributed by atoms with Crippen molar-refractivity contribution in [2.75, 3.05) is 13.1 Å². The first-order valence-electron chi connectivity index (χ1n) is 13.8. The van der Waals surface area contributed by atoms with Crippen LogP contribution in [0.15, 0.2) is 42.6 Å². The van der Waals surface area contributed by atoms with E-state index in [4.69, 9.17) is 26.2 Å². The first-order valence-corrected chi connectivity index (χ1v) is 14.2. The molecule has 7 nitrogen and oxygen atoms in total. The zero-order valence-electron chi connectivity index (χ0n) is 22.8. The smallest absolute Gasteiger partial charge is 0.303 e. The van der Waals surface area contributed by atoms with E-state index in [-0.39, 0.29) is 24.3 Å². The van der Waals surface area contributed by atoms with E-state index in [1.165, 1.54) is 6.07 Å². The first-order chi connectivity index (χ1) is 19.6. The number of nitrogens with zero attached hydrogens (tertiary/aromatic N) is 3. The number of aromatic nitrogens is 2. The molecule has 0 saturated carbocycles. The maximum atomic E-state index is 14.7. The number of aliphatic carboxylic acids is 1. The Balaban J connectivity index is 1.25. The van der Waals surface area contributed by atoms with E-state index in [9.17, 15) is 18.0 Å². The molecular weight excluding hydrogens is 559 g/mol. The summed E-state index contributed by atoms with van der Waals surface area (Å²) in [6, 6.07) is 10.2. The normalized spacial score (nSPS) is 19.3. The monoisotopic (exact) mass is 591 g/mol. The highest BCUT2D eigenvalue weighted by molar-refractivity contribution is 6.30. The second-order valence-electron chi connectivity index (χ2n) is 10.7. The molecular formula is C30H33ClF3N3O4. The lowest BCUT2D eigenvalue weighted by Gasteiger charge is -2.32. The molecule has 1 saturated heterocycles. The SMILES string of the molecule is CC1(c2ccc(Cl)cc2F)Oc2cccc(C3CCN(Cc4ncc(CCC(=O)O)n4CCCC(F)F)CC3)c2O1. The summed E-state index contributed by atoms with van der Waals surface area (Å²) in [5.74, 6) is -0.555. The molecule has 0 bridgehead atoms. The van der Waals surface area contributed by atoms with Crippen LogP contribution in [0.25, 0.3) is 0 Å². The number of piperidine rings is 1. The van der Waals surface area contributed by atoms with Gasteiger partial charge in [0.2, 0.25) is 6.43 Å². The molecule has 1 fully saturated rings. The van der Waals surface area contributed by atoms with Gasteiger partial charge in [-0.05, 0) is 69.0 Å². The molecule has 0 amide bonds. The first kappa shape index (κ1) is 29.3. The lowest BCUT2D eigenvalue weighted by Crippen LogP contribution is -2.34. The number of hydrogen-bond donors (Lipinski definition) is 1. The molecule has 1 aromatic heterocycles. The number of carboxylic acid groups (broad SMARTS) is 1. The van der Waals surface area contributed by atoms with Crippen molar-refractivity contribution < 1.29 is 32.5 Å². The Kier molecular flexibility index (Phi) is 8.79. The second kappa shape index (κ2) is 12.3. The average Bonchev–Trinajstić information content (AvgIpc) is 3.47. The largest absolute Gasteiger partial charge is 0.481 e. The van der Waals surface area contributed by atoms with Crippen LogP contribution in [0.1, 0.15) is 67.6 Å². The fraction of sp³-hybridized carbons (Fsp3) is 0.467. The number of alkyl halides is 2. The van der Waals surface area contributed by atoms with Crippen LogP contribution in [0.4, 0.5) is 13.2 Å². The maximum absolute atomic E-state index is 14.7. The van der Waals surface area contributed by atoms with Crippen LogP contribution in [-0.4, -0.2) is 45.0 Å². The number of rotatable bonds is 11. The highest BCUT2D eigenvalue weighted by Crippen LogP contribution is 2.49. The summed E-state index contributed by atoms with van der Waals surface area (Å²) in [6.45, 7) is 4.19. The molecule has 220 valence electrons. The van der Waals surface area contributed by atoms with E-state index in [0.29, 0.717) is 42.5 Å². The van der Waals surface area contributed by atoms with Crippen molar-refractivity contribution in [2.45, 2.75) is 76.7 Å². The molecule has 1 atom stereocenters. The van der Waals surface area contributed by atoms with Crippen molar-refractivity contribution >= 4 is 17.6 Å². The number of aryl methyl sites for hydroxylation is 1. The predicted molar refractivity (Wildman–Crippen MR) is 147 cm³/mol. The van der Waals surface area contributed by atoms with Gasteiger partial charge >= 0.3 is 5.97 Å². The predicted octanol–water partition coefficient (Wildman–Crippen LogP) is 6.76. The number of hydrogen-bond acceptors (Lipinski definition) is 5.